The molecular weight excluding hydrogens is 1710 g/mol. The quantitative estimate of drug-likeness (QED) is 0.0123. The van der Waals surface area contributed by atoms with Crippen molar-refractivity contribution < 1.29 is 57.2 Å². The number of alkyl carbamates (subject to hydrolysis) is 2. The molecule has 1 unspecified atom stereocenters. The van der Waals surface area contributed by atoms with E-state index < -0.39 is 12.2 Å². The average Bonchev–Trinajstić information content (AvgIpc) is 0.848. The predicted molar refractivity (Wildman–Crippen MR) is 545 cm³/mol. The zero-order chi connectivity index (χ0) is 95.0. The molecule has 5 saturated heterocycles. The third-order valence-electron chi connectivity index (χ3n) is 27.0. The van der Waals surface area contributed by atoms with Gasteiger partial charge in [0, 0.05) is 108 Å². The van der Waals surface area contributed by atoms with Crippen LogP contribution in [0.2, 0.25) is 0 Å². The van der Waals surface area contributed by atoms with E-state index in [-0.39, 0.29) is 73.5 Å². The highest BCUT2D eigenvalue weighted by Crippen LogP contribution is 2.34. The summed E-state index contributed by atoms with van der Waals surface area (Å²) >= 11 is 0. The lowest BCUT2D eigenvalue weighted by Crippen LogP contribution is -2.52. The molecule has 137 heavy (non-hydrogen) atoms. The summed E-state index contributed by atoms with van der Waals surface area (Å²) < 4.78 is 30.4. The van der Waals surface area contributed by atoms with Gasteiger partial charge in [-0.2, -0.15) is 0 Å². The maximum Gasteiger partial charge on any atom is 0.411 e. The normalized spacial score (nSPS) is 16.1. The Bertz CT molecular complexity index is 5210. The number of aliphatic hydroxyl groups excluding tert-OH is 1. The number of unbranched alkanes of at least 4 members (excludes halogenated alkanes) is 5. The smallest absolute Gasteiger partial charge is 0.411 e. The Kier molecular flexibility index (Phi) is 39.0. The van der Waals surface area contributed by atoms with Crippen LogP contribution < -0.4 is 26.6 Å². The van der Waals surface area contributed by atoms with Gasteiger partial charge in [0.2, 0.25) is 0 Å². The van der Waals surface area contributed by atoms with E-state index in [0.717, 1.165) is 225 Å². The molecule has 6 heterocycles. The zero-order valence-electron chi connectivity index (χ0n) is 80.0. The van der Waals surface area contributed by atoms with Crippen molar-refractivity contribution in [3.05, 3.63) is 337 Å². The number of aliphatic hydroxyl groups is 1. The standard InChI is InChI=1S/C45H49N5O4.C39H44N4O5.C30H45N3O2/c51-44(47-42(34-14-5-1-6-15-34)35-16-7-2-8-17-35)53-40-24-28-49(29-25-40)32-38-22-13-23-39(46-38)33-50-30-26-41(27-31-50)54-45(52)48-43(36-18-9-3-10-19-36)37-20-11-4-12-21-37;44-28-31(43-25-21-33(22-26-43)48-39(46)41-37-18-10-8-16-35(37)30-13-5-2-6-14-30)27-42-23-19-32(20-24-42)47-38(45)40-36-17-9-7-15-34(36)29-11-3-1-4-12-29;1-4-33(2,3)25-15-8-6-5-7-14-22-32-23-20-27(21-24-32)35-30(34)31-29-19-13-12-18-28(29)26-16-10-9-11-17-26/h1-23,40-43H,24-33H2,(H,47,51)(H,48,52);1-18,31-33,44H,19-28H2,(H,40,45)(H,41,46);9-13,16-19,27H,4-8,14-15,20-25H2,1-3H3/p+1. The molecule has 23 nitrogen and oxygen atoms in total. The highest BCUT2D eigenvalue weighted by molar-refractivity contribution is 5.93. The lowest BCUT2D eigenvalue weighted by atomic mass is 9.99. The molecule has 0 saturated carbocycles. The molecule has 5 amide bonds. The van der Waals surface area contributed by atoms with Crippen LogP contribution in [0.15, 0.2) is 303 Å². The number of pyridine rings is 1. The second-order valence-electron chi connectivity index (χ2n) is 37.2. The fraction of sp³-hybridized carbons (Fsp3) is 0.386. The highest BCUT2D eigenvalue weighted by atomic mass is 16.6. The number of anilines is 3. The van der Waals surface area contributed by atoms with E-state index >= 15 is 0 Å². The van der Waals surface area contributed by atoms with Gasteiger partial charge in [0.15, 0.2) is 0 Å². The number of rotatable bonds is 35. The van der Waals surface area contributed by atoms with Crippen molar-refractivity contribution in [2.75, 3.05) is 128 Å². The van der Waals surface area contributed by atoms with Gasteiger partial charge in [-0.15, -0.1) is 0 Å². The Morgan fingerprint density at radius 1 is 0.336 bits per heavy atom. The Morgan fingerprint density at radius 3 is 0.956 bits per heavy atom. The van der Waals surface area contributed by atoms with E-state index in [1.807, 2.05) is 273 Å². The van der Waals surface area contributed by atoms with Crippen LogP contribution in [-0.2, 0) is 36.8 Å². The minimum absolute atomic E-state index is 0.000844. The van der Waals surface area contributed by atoms with Crippen LogP contribution in [0.4, 0.5) is 41.0 Å². The first-order valence-electron chi connectivity index (χ1n) is 49.6. The number of nitrogens with one attached hydrogen (secondary N) is 5. The van der Waals surface area contributed by atoms with E-state index in [0.29, 0.717) is 12.8 Å². The Morgan fingerprint density at radius 2 is 0.620 bits per heavy atom. The summed E-state index contributed by atoms with van der Waals surface area (Å²) in [6.07, 6.45) is 13.3. The first kappa shape index (κ1) is 100. The minimum atomic E-state index is -0.449. The number of carbonyl (C=O) groups is 5. The third kappa shape index (κ3) is 32.3. The van der Waals surface area contributed by atoms with Gasteiger partial charge in [-0.05, 0) is 166 Å². The molecule has 16 rings (SSSR count). The van der Waals surface area contributed by atoms with E-state index in [9.17, 15) is 29.1 Å². The second kappa shape index (κ2) is 53.2. The summed E-state index contributed by atoms with van der Waals surface area (Å²) in [7, 11) is 4.65. The SMILES string of the molecule is CC[N+](C)(C)CCCCCCCCN1CCC(OC(=O)Nc2ccccc2-c2ccccc2)CC1.O=C(NC(c1ccccc1)c1ccccc1)OC1CCN(Cc2cccc(CN3CCC(OC(=O)NC(c4ccccc4)c4ccccc4)CC3)n2)CC1.O=C(Nc1ccccc1-c1ccccc1)OC1CCN(CC(CO)N2CCC(OC(=O)Nc3ccccc3-c3ccccc3)CC2)CC1. The van der Waals surface area contributed by atoms with Crippen molar-refractivity contribution in [3.8, 4) is 33.4 Å². The number of nitrogens with zero attached hydrogens (tertiary/aromatic N) is 7. The lowest BCUT2D eigenvalue weighted by molar-refractivity contribution is -0.888. The van der Waals surface area contributed by atoms with Crippen molar-refractivity contribution in [3.63, 3.8) is 0 Å². The van der Waals surface area contributed by atoms with Crippen LogP contribution in [0.1, 0.15) is 155 Å². The number of carbonyl (C=O) groups excluding carboxylic acids is 5. The molecule has 11 aromatic rings. The average molecular weight is 1850 g/mol. The number of hydrogen-bond acceptors (Lipinski definition) is 17. The van der Waals surface area contributed by atoms with Gasteiger partial charge < -0.3 is 53.7 Å². The minimum Gasteiger partial charge on any atom is -0.446 e. The largest absolute Gasteiger partial charge is 0.446 e. The molecule has 0 aliphatic carbocycles. The fourth-order valence-electron chi connectivity index (χ4n) is 18.8. The van der Waals surface area contributed by atoms with Crippen molar-refractivity contribution in [1.29, 1.82) is 0 Å². The maximum absolute atomic E-state index is 13.1. The van der Waals surface area contributed by atoms with Crippen molar-refractivity contribution in [1.82, 2.24) is 40.1 Å². The summed E-state index contributed by atoms with van der Waals surface area (Å²) in [5.41, 5.74) is 14.4. The fourth-order valence-corrected chi connectivity index (χ4v) is 18.8. The van der Waals surface area contributed by atoms with Gasteiger partial charge in [0.25, 0.3) is 0 Å². The molecule has 5 aliphatic heterocycles. The number of quaternary nitrogens is 1. The van der Waals surface area contributed by atoms with Crippen molar-refractivity contribution >= 4 is 47.5 Å². The number of piperidine rings is 5. The molecule has 0 radical (unpaired) electrons. The summed E-state index contributed by atoms with van der Waals surface area (Å²) in [5.74, 6) is 0. The molecule has 720 valence electrons. The van der Waals surface area contributed by atoms with E-state index in [1.165, 1.54) is 58.2 Å². The van der Waals surface area contributed by atoms with Gasteiger partial charge in [-0.25, -0.2) is 24.0 Å². The van der Waals surface area contributed by atoms with Gasteiger partial charge in [-0.1, -0.05) is 292 Å². The second-order valence-corrected chi connectivity index (χ2v) is 37.2. The third-order valence-corrected chi connectivity index (χ3v) is 27.0. The number of likely N-dealkylation sites (tertiary alicyclic amines) is 5. The monoisotopic (exact) mass is 1850 g/mol. The van der Waals surface area contributed by atoms with Crippen molar-refractivity contribution in [2.24, 2.45) is 0 Å². The first-order chi connectivity index (χ1) is 67.1. The topological polar surface area (TPSA) is 241 Å². The molecular formula is C114H139N12O11+. The van der Waals surface area contributed by atoms with Gasteiger partial charge >= 0.3 is 30.5 Å². The molecule has 1 aromatic heterocycles. The molecule has 0 bridgehead atoms. The Labute approximate surface area is 810 Å². The van der Waals surface area contributed by atoms with E-state index in [1.54, 1.807) is 0 Å². The van der Waals surface area contributed by atoms with Crippen LogP contribution in [0, 0.1) is 0 Å². The Balaban J connectivity index is 0.000000168. The van der Waals surface area contributed by atoms with Crippen molar-refractivity contribution in [2.45, 2.75) is 171 Å². The first-order valence-corrected chi connectivity index (χ1v) is 49.6. The number of ether oxygens (including phenoxy) is 5. The molecule has 0 spiro atoms. The summed E-state index contributed by atoms with van der Waals surface area (Å²) in [6.45, 7) is 16.7. The van der Waals surface area contributed by atoms with Crippen LogP contribution in [-0.4, -0.2) is 218 Å². The molecule has 10 aromatic carbocycles. The maximum atomic E-state index is 13.1. The van der Waals surface area contributed by atoms with Crippen LogP contribution in [0.25, 0.3) is 33.4 Å². The number of para-hydroxylation sites is 3. The number of hydrogen-bond donors (Lipinski definition) is 6. The zero-order valence-corrected chi connectivity index (χ0v) is 80.0. The van der Waals surface area contributed by atoms with Crippen LogP contribution >= 0.6 is 0 Å². The van der Waals surface area contributed by atoms with Gasteiger partial charge in [0.05, 0.1) is 74.3 Å². The van der Waals surface area contributed by atoms with E-state index in [2.05, 4.69) is 102 Å². The Hall–Kier alpha value is -12.6. The van der Waals surface area contributed by atoms with Gasteiger partial charge in [-0.3, -0.25) is 35.6 Å². The van der Waals surface area contributed by atoms with E-state index in [4.69, 9.17) is 28.7 Å². The summed E-state index contributed by atoms with van der Waals surface area (Å²) in [4.78, 5) is 81.3. The number of benzene rings is 10. The molecule has 5 aliphatic rings. The highest BCUT2D eigenvalue weighted by Gasteiger charge is 2.33. The molecule has 1 atom stereocenters. The van der Waals surface area contributed by atoms with Crippen LogP contribution in [0.5, 0.6) is 0 Å². The number of aromatic nitrogens is 1. The van der Waals surface area contributed by atoms with Crippen LogP contribution in [0.3, 0.4) is 0 Å². The molecule has 23 heteroatoms. The predicted octanol–water partition coefficient (Wildman–Crippen LogP) is 22.0. The molecule has 5 fully saturated rings. The number of amides is 5. The van der Waals surface area contributed by atoms with Gasteiger partial charge in [0.1, 0.15) is 30.5 Å². The summed E-state index contributed by atoms with van der Waals surface area (Å²) in [6, 6.07) is 99.0. The lowest BCUT2D eigenvalue weighted by Gasteiger charge is -2.40. The summed E-state index contributed by atoms with van der Waals surface area (Å²) in [5, 5.41) is 25.3. The molecule has 6 N–H and O–H groups in total.